The third-order valence-electron chi connectivity index (χ3n) is 2.37. The molecule has 0 bridgehead atoms. The van der Waals surface area contributed by atoms with Crippen LogP contribution in [0.15, 0.2) is 30.9 Å². The van der Waals surface area contributed by atoms with Gasteiger partial charge in [-0.05, 0) is 57.7 Å². The number of hydrogen-bond donors (Lipinski definition) is 1. The van der Waals surface area contributed by atoms with E-state index >= 15 is 0 Å². The second kappa shape index (κ2) is 6.24. The van der Waals surface area contributed by atoms with E-state index < -0.39 is 10.0 Å². The summed E-state index contributed by atoms with van der Waals surface area (Å²) in [5.74, 6) is 0. The van der Waals surface area contributed by atoms with E-state index in [1.165, 1.54) is 6.07 Å². The molecule has 2 rings (SSSR count). The second-order valence-corrected chi connectivity index (χ2v) is 9.54. The molecule has 1 atom stereocenters. The van der Waals surface area contributed by atoms with E-state index in [0.717, 1.165) is 16.9 Å². The van der Waals surface area contributed by atoms with Gasteiger partial charge in [0.1, 0.15) is 4.21 Å². The van der Waals surface area contributed by atoms with Crippen LogP contribution in [0.25, 0.3) is 0 Å². The fourth-order valence-electron chi connectivity index (χ4n) is 1.59. The Labute approximate surface area is 133 Å². The van der Waals surface area contributed by atoms with Gasteiger partial charge in [0, 0.05) is 6.04 Å². The normalized spacial score (nSPS) is 13.6. The number of nitrogens with one attached hydrogen (secondary N) is 1. The maximum Gasteiger partial charge on any atom is 0.250 e. The summed E-state index contributed by atoms with van der Waals surface area (Å²) in [5, 5.41) is 4.41. The van der Waals surface area contributed by atoms with Crippen molar-refractivity contribution >= 4 is 60.2 Å². The molecule has 1 N–H and O–H groups in total. The van der Waals surface area contributed by atoms with Crippen molar-refractivity contribution in [1.29, 1.82) is 0 Å². The summed E-state index contributed by atoms with van der Waals surface area (Å²) in [6.45, 7) is 1.85. The lowest BCUT2D eigenvalue weighted by Gasteiger charge is -2.12. The van der Waals surface area contributed by atoms with Crippen LogP contribution in [0.5, 0.6) is 0 Å². The summed E-state index contributed by atoms with van der Waals surface area (Å²) < 4.78 is 27.8. The third kappa shape index (κ3) is 4.03. The monoisotopic (exact) mass is 399 g/mol. The van der Waals surface area contributed by atoms with Crippen molar-refractivity contribution in [2.75, 3.05) is 0 Å². The molecule has 0 aromatic carbocycles. The fraction of sp³-hybridized carbons (Fsp3) is 0.273. The largest absolute Gasteiger partial charge is 0.250 e. The molecule has 8 heteroatoms. The van der Waals surface area contributed by atoms with Crippen molar-refractivity contribution in [1.82, 2.24) is 4.72 Å². The third-order valence-corrected chi connectivity index (χ3v) is 7.64. The first-order valence-electron chi connectivity index (χ1n) is 5.37. The molecular formula is C11H11BrClNO2S3. The molecule has 0 amide bonds. The van der Waals surface area contributed by atoms with E-state index in [-0.39, 0.29) is 10.3 Å². The first kappa shape index (κ1) is 15.5. The molecule has 0 aliphatic heterocycles. The summed E-state index contributed by atoms with van der Waals surface area (Å²) in [6.07, 6.45) is 0.670. The van der Waals surface area contributed by atoms with Crippen molar-refractivity contribution in [3.63, 3.8) is 0 Å². The molecule has 0 spiro atoms. The zero-order chi connectivity index (χ0) is 14.0. The van der Waals surface area contributed by atoms with Crippen molar-refractivity contribution in [3.05, 3.63) is 37.3 Å². The lowest BCUT2D eigenvalue weighted by atomic mass is 10.1. The number of sulfonamides is 1. The predicted octanol–water partition coefficient (Wildman–Crippen LogP) is 4.14. The van der Waals surface area contributed by atoms with Crippen LogP contribution in [0.4, 0.5) is 0 Å². The van der Waals surface area contributed by atoms with Crippen LogP contribution in [0.3, 0.4) is 0 Å². The highest BCUT2D eigenvalue weighted by Gasteiger charge is 2.21. The van der Waals surface area contributed by atoms with E-state index in [1.54, 1.807) is 11.3 Å². The average molecular weight is 401 g/mol. The molecule has 19 heavy (non-hydrogen) atoms. The Kier molecular flexibility index (Phi) is 5.08. The topological polar surface area (TPSA) is 46.2 Å². The smallest absolute Gasteiger partial charge is 0.207 e. The number of thiophene rings is 2. The lowest BCUT2D eigenvalue weighted by Crippen LogP contribution is -2.33. The molecule has 0 saturated carbocycles. The molecule has 3 nitrogen and oxygen atoms in total. The Hall–Kier alpha value is 0.0800. The zero-order valence-corrected chi connectivity index (χ0v) is 14.7. The van der Waals surface area contributed by atoms with Crippen LogP contribution >= 0.6 is 50.2 Å². The summed E-state index contributed by atoms with van der Waals surface area (Å²) in [5.41, 5.74) is 1.13. The van der Waals surface area contributed by atoms with E-state index in [1.807, 2.05) is 23.8 Å². The van der Waals surface area contributed by atoms with E-state index in [0.29, 0.717) is 15.2 Å². The molecule has 0 fully saturated rings. The summed E-state index contributed by atoms with van der Waals surface area (Å²) in [7, 11) is -3.51. The number of halogens is 2. The van der Waals surface area contributed by atoms with Gasteiger partial charge in [0.15, 0.2) is 0 Å². The van der Waals surface area contributed by atoms with Gasteiger partial charge < -0.3 is 0 Å². The predicted molar refractivity (Wildman–Crippen MR) is 84.8 cm³/mol. The average Bonchev–Trinajstić information content (AvgIpc) is 2.89. The van der Waals surface area contributed by atoms with Crippen LogP contribution in [0.2, 0.25) is 5.02 Å². The van der Waals surface area contributed by atoms with Crippen LogP contribution in [0.1, 0.15) is 12.5 Å². The summed E-state index contributed by atoms with van der Waals surface area (Å²) in [6, 6.07) is 3.28. The quantitative estimate of drug-likeness (QED) is 0.820. The van der Waals surface area contributed by atoms with Crippen LogP contribution < -0.4 is 4.72 Å². The van der Waals surface area contributed by atoms with Gasteiger partial charge in [-0.25, -0.2) is 13.1 Å². The molecule has 104 valence electrons. The minimum atomic E-state index is -3.51. The molecule has 2 aromatic heterocycles. The highest BCUT2D eigenvalue weighted by molar-refractivity contribution is 9.11. The van der Waals surface area contributed by atoms with Gasteiger partial charge in [-0.2, -0.15) is 11.3 Å². The first-order valence-corrected chi connectivity index (χ1v) is 9.78. The minimum Gasteiger partial charge on any atom is -0.207 e. The SMILES string of the molecule is CC(Cc1ccsc1)NS(=O)(=O)c1cc(Cl)c(Br)s1. The van der Waals surface area contributed by atoms with Crippen LogP contribution in [0, 0.1) is 0 Å². The number of hydrogen-bond acceptors (Lipinski definition) is 4. The molecule has 1 unspecified atom stereocenters. The Morgan fingerprint density at radius 3 is 2.79 bits per heavy atom. The molecular weight excluding hydrogens is 390 g/mol. The molecule has 0 aliphatic carbocycles. The number of rotatable bonds is 5. The van der Waals surface area contributed by atoms with Gasteiger partial charge in [0.2, 0.25) is 10.0 Å². The van der Waals surface area contributed by atoms with Crippen molar-refractivity contribution < 1.29 is 8.42 Å². The van der Waals surface area contributed by atoms with Gasteiger partial charge in [-0.1, -0.05) is 11.6 Å². The second-order valence-electron chi connectivity index (χ2n) is 4.05. The molecule has 2 aromatic rings. The Bertz CT molecular complexity index is 632. The van der Waals surface area contributed by atoms with Crippen LogP contribution in [-0.4, -0.2) is 14.5 Å². The van der Waals surface area contributed by atoms with Gasteiger partial charge in [-0.15, -0.1) is 11.3 Å². The molecule has 0 aliphatic rings. The van der Waals surface area contributed by atoms with Crippen molar-refractivity contribution in [2.24, 2.45) is 0 Å². The van der Waals surface area contributed by atoms with E-state index in [9.17, 15) is 8.42 Å². The van der Waals surface area contributed by atoms with Crippen molar-refractivity contribution in [3.8, 4) is 0 Å². The lowest BCUT2D eigenvalue weighted by molar-refractivity contribution is 0.562. The van der Waals surface area contributed by atoms with Gasteiger partial charge in [0.05, 0.1) is 8.81 Å². The highest BCUT2D eigenvalue weighted by atomic mass is 79.9. The van der Waals surface area contributed by atoms with Crippen molar-refractivity contribution in [2.45, 2.75) is 23.6 Å². The Balaban J connectivity index is 2.08. The standard InChI is InChI=1S/C11H11BrClNO2S3/c1-7(4-8-2-3-17-6-8)14-19(15,16)10-5-9(13)11(12)18-10/h2-3,5-7,14H,4H2,1H3. The van der Waals surface area contributed by atoms with Gasteiger partial charge in [0.25, 0.3) is 0 Å². The van der Waals surface area contributed by atoms with E-state index in [4.69, 9.17) is 11.6 Å². The van der Waals surface area contributed by atoms with Crippen LogP contribution in [-0.2, 0) is 16.4 Å². The Morgan fingerprint density at radius 2 is 2.26 bits per heavy atom. The van der Waals surface area contributed by atoms with Gasteiger partial charge in [-0.3, -0.25) is 0 Å². The molecule has 0 radical (unpaired) electrons. The summed E-state index contributed by atoms with van der Waals surface area (Å²) >= 11 is 11.8. The first-order chi connectivity index (χ1) is 8.88. The zero-order valence-electron chi connectivity index (χ0n) is 9.89. The maximum atomic E-state index is 12.2. The Morgan fingerprint density at radius 1 is 1.53 bits per heavy atom. The molecule has 0 saturated heterocycles. The van der Waals surface area contributed by atoms with E-state index in [2.05, 4.69) is 20.7 Å². The fourth-order valence-corrected chi connectivity index (χ4v) is 5.93. The summed E-state index contributed by atoms with van der Waals surface area (Å²) in [4.78, 5) is 0. The highest BCUT2D eigenvalue weighted by Crippen LogP contribution is 2.34. The molecule has 2 heterocycles. The maximum absolute atomic E-state index is 12.2. The van der Waals surface area contributed by atoms with Gasteiger partial charge >= 0.3 is 0 Å². The minimum absolute atomic E-state index is 0.167.